The van der Waals surface area contributed by atoms with E-state index in [-0.39, 0.29) is 31.0 Å². The lowest BCUT2D eigenvalue weighted by Gasteiger charge is -2.08. The van der Waals surface area contributed by atoms with E-state index in [1.807, 2.05) is 0 Å². The van der Waals surface area contributed by atoms with Crippen molar-refractivity contribution < 1.29 is 22.7 Å². The minimum atomic E-state index is -4.12. The van der Waals surface area contributed by atoms with Gasteiger partial charge in [0.25, 0.3) is 10.0 Å². The Kier molecular flexibility index (Phi) is 7.46. The summed E-state index contributed by atoms with van der Waals surface area (Å²) in [6, 6.07) is 10.5. The van der Waals surface area contributed by atoms with Crippen LogP contribution in [0.3, 0.4) is 0 Å². The van der Waals surface area contributed by atoms with Crippen LogP contribution in [0, 0.1) is 12.7 Å². The molecule has 0 radical (unpaired) electrons. The van der Waals surface area contributed by atoms with Gasteiger partial charge in [0.15, 0.2) is 21.7 Å². The van der Waals surface area contributed by atoms with Crippen molar-refractivity contribution in [2.24, 2.45) is 4.99 Å². The van der Waals surface area contributed by atoms with E-state index in [1.54, 1.807) is 25.1 Å². The number of nitrogens with zero attached hydrogens (tertiary/aromatic N) is 3. The topological polar surface area (TPSA) is 114 Å². The van der Waals surface area contributed by atoms with Crippen LogP contribution < -0.4 is 9.46 Å². The molecular formula is C23H17Cl2FN4O4S2. The third-order valence-electron chi connectivity index (χ3n) is 4.87. The van der Waals surface area contributed by atoms with Crippen LogP contribution in [-0.4, -0.2) is 36.8 Å². The standard InChI is InChI=1S/C23H17Cl2FN4O4S2/c1-12-8-15(27-10-14-4-3-5-18(34-2)20(14)31)11-28-22(12)36(32,33)30-23-29-19(21(25)35-23)13-6-7-16(24)17(26)9-13/h3-11,31H,1-2H3,(H,29,30). The summed E-state index contributed by atoms with van der Waals surface area (Å²) in [5.41, 5.74) is 1.68. The van der Waals surface area contributed by atoms with Gasteiger partial charge in [0.2, 0.25) is 0 Å². The Bertz CT molecular complexity index is 1590. The quantitative estimate of drug-likeness (QED) is 0.256. The van der Waals surface area contributed by atoms with Gasteiger partial charge in [-0.3, -0.25) is 9.71 Å². The van der Waals surface area contributed by atoms with Crippen molar-refractivity contribution >= 4 is 61.6 Å². The number of nitrogens with one attached hydrogen (secondary N) is 1. The van der Waals surface area contributed by atoms with E-state index in [1.165, 1.54) is 37.7 Å². The molecule has 0 spiro atoms. The molecule has 36 heavy (non-hydrogen) atoms. The summed E-state index contributed by atoms with van der Waals surface area (Å²) in [5.74, 6) is -0.420. The van der Waals surface area contributed by atoms with Crippen molar-refractivity contribution in [3.63, 3.8) is 0 Å². The molecule has 2 N–H and O–H groups in total. The molecule has 0 saturated carbocycles. The molecule has 2 aromatic carbocycles. The van der Waals surface area contributed by atoms with E-state index in [2.05, 4.69) is 19.7 Å². The maximum Gasteiger partial charge on any atom is 0.281 e. The highest BCUT2D eigenvalue weighted by atomic mass is 35.5. The molecular weight excluding hydrogens is 550 g/mol. The number of hydrogen-bond donors (Lipinski definition) is 2. The number of hydrogen-bond acceptors (Lipinski definition) is 8. The van der Waals surface area contributed by atoms with Crippen LogP contribution in [0.15, 0.2) is 58.7 Å². The second-order valence-electron chi connectivity index (χ2n) is 7.35. The number of aromatic hydroxyl groups is 1. The van der Waals surface area contributed by atoms with Crippen LogP contribution in [0.2, 0.25) is 9.36 Å². The molecule has 0 aliphatic rings. The molecule has 0 aliphatic carbocycles. The third kappa shape index (κ3) is 5.44. The minimum Gasteiger partial charge on any atom is -0.504 e. The van der Waals surface area contributed by atoms with Gasteiger partial charge in [0.05, 0.1) is 24.0 Å². The van der Waals surface area contributed by atoms with Crippen LogP contribution in [0.5, 0.6) is 11.5 Å². The average molecular weight is 567 g/mol. The maximum atomic E-state index is 13.8. The number of anilines is 1. The van der Waals surface area contributed by atoms with E-state index >= 15 is 0 Å². The molecule has 2 aromatic heterocycles. The lowest BCUT2D eigenvalue weighted by atomic mass is 10.2. The van der Waals surface area contributed by atoms with Crippen LogP contribution in [0.4, 0.5) is 15.2 Å². The van der Waals surface area contributed by atoms with Crippen LogP contribution in [0.25, 0.3) is 11.3 Å². The molecule has 8 nitrogen and oxygen atoms in total. The molecule has 4 aromatic rings. The van der Waals surface area contributed by atoms with Crippen LogP contribution in [0.1, 0.15) is 11.1 Å². The number of thiazole rings is 1. The molecule has 0 atom stereocenters. The van der Waals surface area contributed by atoms with Gasteiger partial charge in [0.1, 0.15) is 15.8 Å². The van der Waals surface area contributed by atoms with Gasteiger partial charge in [-0.25, -0.2) is 14.4 Å². The fourth-order valence-electron chi connectivity index (χ4n) is 3.18. The molecule has 0 unspecified atom stereocenters. The van der Waals surface area contributed by atoms with Gasteiger partial charge in [-0.05, 0) is 42.8 Å². The largest absolute Gasteiger partial charge is 0.504 e. The SMILES string of the molecule is COc1cccc(C=Nc2cnc(S(=O)(=O)Nc3nc(-c4ccc(Cl)c(F)c4)c(Cl)s3)c(C)c2)c1O. The highest BCUT2D eigenvalue weighted by Gasteiger charge is 2.22. The Hall–Kier alpha value is -3.25. The van der Waals surface area contributed by atoms with Crippen molar-refractivity contribution in [3.8, 4) is 22.8 Å². The highest BCUT2D eigenvalue weighted by molar-refractivity contribution is 7.92. The molecule has 0 saturated heterocycles. The van der Waals surface area contributed by atoms with Crippen molar-refractivity contribution in [2.45, 2.75) is 11.9 Å². The monoisotopic (exact) mass is 566 g/mol. The number of aliphatic imine (C=N–C) groups is 1. The van der Waals surface area contributed by atoms with E-state index in [0.29, 0.717) is 28.1 Å². The Morgan fingerprint density at radius 2 is 2.00 bits per heavy atom. The molecule has 0 aliphatic heterocycles. The van der Waals surface area contributed by atoms with E-state index < -0.39 is 15.8 Å². The Morgan fingerprint density at radius 1 is 1.22 bits per heavy atom. The number of aryl methyl sites for hydroxylation is 1. The number of phenols is 1. The van der Waals surface area contributed by atoms with Crippen molar-refractivity contribution in [3.05, 3.63) is 75.0 Å². The van der Waals surface area contributed by atoms with E-state index in [4.69, 9.17) is 27.9 Å². The molecule has 186 valence electrons. The summed E-state index contributed by atoms with van der Waals surface area (Å²) in [5, 5.41) is 9.88. The smallest absolute Gasteiger partial charge is 0.281 e. The summed E-state index contributed by atoms with van der Waals surface area (Å²) >= 11 is 12.8. The number of pyridine rings is 1. The number of methoxy groups -OCH3 is 1. The zero-order chi connectivity index (χ0) is 26.0. The lowest BCUT2D eigenvalue weighted by Crippen LogP contribution is -2.15. The average Bonchev–Trinajstić information content (AvgIpc) is 3.19. The maximum absolute atomic E-state index is 13.8. The third-order valence-corrected chi connectivity index (χ3v) is 7.88. The summed E-state index contributed by atoms with van der Waals surface area (Å²) in [4.78, 5) is 12.5. The predicted octanol–water partition coefficient (Wildman–Crippen LogP) is 6.23. The van der Waals surface area contributed by atoms with Gasteiger partial charge < -0.3 is 9.84 Å². The van der Waals surface area contributed by atoms with E-state index in [9.17, 15) is 17.9 Å². The number of halogens is 3. The number of benzene rings is 2. The number of para-hydroxylation sites is 1. The number of rotatable bonds is 7. The second kappa shape index (κ2) is 10.4. The highest BCUT2D eigenvalue weighted by Crippen LogP contribution is 2.37. The van der Waals surface area contributed by atoms with Crippen molar-refractivity contribution in [1.29, 1.82) is 0 Å². The van der Waals surface area contributed by atoms with Crippen molar-refractivity contribution in [1.82, 2.24) is 9.97 Å². The van der Waals surface area contributed by atoms with Crippen LogP contribution >= 0.6 is 34.5 Å². The summed E-state index contributed by atoms with van der Waals surface area (Å²) in [6.07, 6.45) is 2.70. The fourth-order valence-corrected chi connectivity index (χ4v) is 5.78. The zero-order valence-corrected chi connectivity index (χ0v) is 21.8. The normalized spacial score (nSPS) is 11.7. The first-order valence-electron chi connectivity index (χ1n) is 10.1. The number of phenolic OH excluding ortho intramolecular Hbond substituents is 1. The molecule has 4 rings (SSSR count). The molecule has 2 heterocycles. The molecule has 13 heteroatoms. The summed E-state index contributed by atoms with van der Waals surface area (Å²) in [7, 11) is -2.68. The first-order valence-corrected chi connectivity index (χ1v) is 13.2. The summed E-state index contributed by atoms with van der Waals surface area (Å²) < 4.78 is 47.4. The Balaban J connectivity index is 1.56. The van der Waals surface area contributed by atoms with Gasteiger partial charge in [-0.2, -0.15) is 8.42 Å². The zero-order valence-electron chi connectivity index (χ0n) is 18.7. The second-order valence-corrected chi connectivity index (χ2v) is 11.0. The lowest BCUT2D eigenvalue weighted by molar-refractivity contribution is 0.373. The van der Waals surface area contributed by atoms with Crippen molar-refractivity contribution in [2.75, 3.05) is 11.8 Å². The van der Waals surface area contributed by atoms with E-state index in [0.717, 1.165) is 17.4 Å². The number of sulfonamides is 1. The first kappa shape index (κ1) is 25.8. The Morgan fingerprint density at radius 3 is 2.69 bits per heavy atom. The summed E-state index contributed by atoms with van der Waals surface area (Å²) in [6.45, 7) is 1.57. The van der Waals surface area contributed by atoms with Gasteiger partial charge in [0, 0.05) is 17.3 Å². The van der Waals surface area contributed by atoms with Gasteiger partial charge >= 0.3 is 0 Å². The molecule has 0 fully saturated rings. The molecule has 0 amide bonds. The molecule has 0 bridgehead atoms. The fraction of sp³-hybridized carbons (Fsp3) is 0.0870. The minimum absolute atomic E-state index is 0.0119. The number of ether oxygens (including phenoxy) is 1. The van der Waals surface area contributed by atoms with Gasteiger partial charge in [-0.1, -0.05) is 46.7 Å². The predicted molar refractivity (Wildman–Crippen MR) is 139 cm³/mol. The Labute approximate surface area is 220 Å². The van der Waals surface area contributed by atoms with Crippen LogP contribution in [-0.2, 0) is 10.0 Å². The first-order chi connectivity index (χ1) is 17.1. The van der Waals surface area contributed by atoms with Gasteiger partial charge in [-0.15, -0.1) is 0 Å². The number of aromatic nitrogens is 2.